The molecule has 2 unspecified atom stereocenters. The summed E-state index contributed by atoms with van der Waals surface area (Å²) < 4.78 is 5.07. The number of carbonyl (C=O) groups is 1. The normalized spacial score (nSPS) is 26.7. The minimum Gasteiger partial charge on any atom is -0.383 e. The molecule has 5 heteroatoms. The highest BCUT2D eigenvalue weighted by Gasteiger charge is 2.33. The summed E-state index contributed by atoms with van der Waals surface area (Å²) in [6, 6.07) is 0.226. The fourth-order valence-corrected chi connectivity index (χ4v) is 1.79. The second kappa shape index (κ2) is 4.61. The summed E-state index contributed by atoms with van der Waals surface area (Å²) >= 11 is 0. The van der Waals surface area contributed by atoms with Crippen LogP contribution in [0.4, 0.5) is 4.79 Å². The van der Waals surface area contributed by atoms with Crippen LogP contribution in [-0.2, 0) is 4.74 Å². The lowest BCUT2D eigenvalue weighted by Gasteiger charge is -2.26. The summed E-state index contributed by atoms with van der Waals surface area (Å²) in [5.41, 5.74) is 5.82. The van der Waals surface area contributed by atoms with Crippen LogP contribution in [0.1, 0.15) is 6.42 Å². The standard InChI is InChI=1S/C9H19N3O2/c1-11(2)9(13)12-5-7(10)4-8(12)6-14-3/h7-8H,4-6,10H2,1-3H3. The predicted molar refractivity (Wildman–Crippen MR) is 54.0 cm³/mol. The molecule has 0 radical (unpaired) electrons. The second-order valence-corrected chi connectivity index (χ2v) is 3.93. The highest BCUT2D eigenvalue weighted by molar-refractivity contribution is 5.74. The van der Waals surface area contributed by atoms with E-state index in [1.165, 1.54) is 0 Å². The van der Waals surface area contributed by atoms with Gasteiger partial charge in [0, 0.05) is 33.8 Å². The largest absolute Gasteiger partial charge is 0.383 e. The lowest BCUT2D eigenvalue weighted by atomic mass is 10.2. The number of methoxy groups -OCH3 is 1. The number of carbonyl (C=O) groups excluding carboxylic acids is 1. The maximum absolute atomic E-state index is 11.7. The Bertz CT molecular complexity index is 208. The van der Waals surface area contributed by atoms with Gasteiger partial charge in [0.1, 0.15) is 0 Å². The molecule has 1 saturated heterocycles. The number of likely N-dealkylation sites (tertiary alicyclic amines) is 1. The van der Waals surface area contributed by atoms with Gasteiger partial charge < -0.3 is 20.3 Å². The molecule has 0 spiro atoms. The smallest absolute Gasteiger partial charge is 0.319 e. The van der Waals surface area contributed by atoms with Gasteiger partial charge in [0.2, 0.25) is 0 Å². The van der Waals surface area contributed by atoms with E-state index in [2.05, 4.69) is 0 Å². The fourth-order valence-electron chi connectivity index (χ4n) is 1.79. The molecular formula is C9H19N3O2. The van der Waals surface area contributed by atoms with Gasteiger partial charge >= 0.3 is 6.03 Å². The Balaban J connectivity index is 2.61. The van der Waals surface area contributed by atoms with Crippen LogP contribution < -0.4 is 5.73 Å². The number of rotatable bonds is 2. The molecule has 2 amide bonds. The average molecular weight is 201 g/mol. The Kier molecular flexibility index (Phi) is 3.71. The van der Waals surface area contributed by atoms with Crippen molar-refractivity contribution in [3.8, 4) is 0 Å². The molecule has 1 aliphatic heterocycles. The molecule has 82 valence electrons. The van der Waals surface area contributed by atoms with E-state index in [1.807, 2.05) is 0 Å². The van der Waals surface area contributed by atoms with Gasteiger partial charge in [0.15, 0.2) is 0 Å². The zero-order valence-electron chi connectivity index (χ0n) is 9.06. The summed E-state index contributed by atoms with van der Waals surface area (Å²) in [4.78, 5) is 15.1. The van der Waals surface area contributed by atoms with Crippen molar-refractivity contribution in [3.05, 3.63) is 0 Å². The van der Waals surface area contributed by atoms with E-state index in [-0.39, 0.29) is 18.1 Å². The van der Waals surface area contributed by atoms with Crippen LogP contribution in [0.15, 0.2) is 0 Å². The van der Waals surface area contributed by atoms with E-state index in [4.69, 9.17) is 10.5 Å². The summed E-state index contributed by atoms with van der Waals surface area (Å²) in [5.74, 6) is 0. The zero-order chi connectivity index (χ0) is 10.7. The van der Waals surface area contributed by atoms with Crippen LogP contribution in [0.2, 0.25) is 0 Å². The number of nitrogens with two attached hydrogens (primary N) is 1. The van der Waals surface area contributed by atoms with Gasteiger partial charge in [-0.25, -0.2) is 4.79 Å². The minimum atomic E-state index is 0.0139. The Morgan fingerprint density at radius 2 is 2.29 bits per heavy atom. The highest BCUT2D eigenvalue weighted by atomic mass is 16.5. The molecule has 0 aromatic heterocycles. The van der Waals surface area contributed by atoms with Crippen molar-refractivity contribution >= 4 is 6.03 Å². The van der Waals surface area contributed by atoms with Crippen LogP contribution in [0.25, 0.3) is 0 Å². The Hall–Kier alpha value is -0.810. The predicted octanol–water partition coefficient (Wildman–Crippen LogP) is -0.284. The fraction of sp³-hybridized carbons (Fsp3) is 0.889. The van der Waals surface area contributed by atoms with Gasteiger partial charge in [-0.05, 0) is 6.42 Å². The number of ether oxygens (including phenoxy) is 1. The number of amides is 2. The highest BCUT2D eigenvalue weighted by Crippen LogP contribution is 2.17. The maximum Gasteiger partial charge on any atom is 0.319 e. The van der Waals surface area contributed by atoms with Crippen molar-refractivity contribution < 1.29 is 9.53 Å². The Labute approximate surface area is 84.8 Å². The van der Waals surface area contributed by atoms with Gasteiger partial charge in [-0.3, -0.25) is 0 Å². The molecular weight excluding hydrogens is 182 g/mol. The van der Waals surface area contributed by atoms with E-state index >= 15 is 0 Å². The second-order valence-electron chi connectivity index (χ2n) is 3.93. The van der Waals surface area contributed by atoms with Crippen LogP contribution in [0, 0.1) is 0 Å². The van der Waals surface area contributed by atoms with E-state index in [0.717, 1.165) is 6.42 Å². The van der Waals surface area contributed by atoms with Gasteiger partial charge in [-0.1, -0.05) is 0 Å². The molecule has 0 bridgehead atoms. The third kappa shape index (κ3) is 2.36. The van der Waals surface area contributed by atoms with Crippen molar-refractivity contribution in [3.63, 3.8) is 0 Å². The SMILES string of the molecule is COCC1CC(N)CN1C(=O)N(C)C. The topological polar surface area (TPSA) is 58.8 Å². The van der Waals surface area contributed by atoms with Crippen LogP contribution in [0.5, 0.6) is 0 Å². The molecule has 1 heterocycles. The maximum atomic E-state index is 11.7. The quantitative estimate of drug-likeness (QED) is 0.668. The summed E-state index contributed by atoms with van der Waals surface area (Å²) in [7, 11) is 5.13. The summed E-state index contributed by atoms with van der Waals surface area (Å²) in [5, 5.41) is 0. The first-order valence-electron chi connectivity index (χ1n) is 4.78. The molecule has 2 atom stereocenters. The number of hydrogen-bond donors (Lipinski definition) is 1. The average Bonchev–Trinajstić information content (AvgIpc) is 2.46. The summed E-state index contributed by atoms with van der Waals surface area (Å²) in [6.45, 7) is 1.19. The van der Waals surface area contributed by atoms with E-state index < -0.39 is 0 Å². The van der Waals surface area contributed by atoms with Crippen LogP contribution in [-0.4, -0.2) is 62.3 Å². The lowest BCUT2D eigenvalue weighted by molar-refractivity contribution is 0.113. The molecule has 1 fully saturated rings. The molecule has 0 aromatic rings. The lowest BCUT2D eigenvalue weighted by Crippen LogP contribution is -2.44. The molecule has 14 heavy (non-hydrogen) atoms. The van der Waals surface area contributed by atoms with Crippen molar-refractivity contribution in [2.24, 2.45) is 5.73 Å². The molecule has 1 rings (SSSR count). The van der Waals surface area contributed by atoms with Crippen molar-refractivity contribution in [1.82, 2.24) is 9.80 Å². The Morgan fingerprint density at radius 1 is 1.64 bits per heavy atom. The molecule has 2 N–H and O–H groups in total. The van der Waals surface area contributed by atoms with Crippen molar-refractivity contribution in [1.29, 1.82) is 0 Å². The van der Waals surface area contributed by atoms with E-state index in [9.17, 15) is 4.79 Å². The first-order chi connectivity index (χ1) is 6.56. The molecule has 1 aliphatic rings. The zero-order valence-corrected chi connectivity index (χ0v) is 9.06. The molecule has 0 saturated carbocycles. The first kappa shape index (κ1) is 11.3. The minimum absolute atomic E-state index is 0.0139. The third-order valence-corrected chi connectivity index (χ3v) is 2.43. The van der Waals surface area contributed by atoms with Gasteiger partial charge in [0.25, 0.3) is 0 Å². The van der Waals surface area contributed by atoms with E-state index in [1.54, 1.807) is 31.0 Å². The van der Waals surface area contributed by atoms with Gasteiger partial charge in [0.05, 0.1) is 12.6 Å². The number of nitrogens with zero attached hydrogens (tertiary/aromatic N) is 2. The monoisotopic (exact) mass is 201 g/mol. The van der Waals surface area contributed by atoms with Crippen molar-refractivity contribution in [2.75, 3.05) is 34.4 Å². The number of urea groups is 1. The first-order valence-corrected chi connectivity index (χ1v) is 4.78. The Morgan fingerprint density at radius 3 is 2.79 bits per heavy atom. The summed E-state index contributed by atoms with van der Waals surface area (Å²) in [6.07, 6.45) is 0.827. The van der Waals surface area contributed by atoms with E-state index in [0.29, 0.717) is 13.2 Å². The van der Waals surface area contributed by atoms with Gasteiger partial charge in [-0.15, -0.1) is 0 Å². The van der Waals surface area contributed by atoms with Crippen LogP contribution in [0.3, 0.4) is 0 Å². The van der Waals surface area contributed by atoms with Crippen molar-refractivity contribution in [2.45, 2.75) is 18.5 Å². The number of hydrogen-bond acceptors (Lipinski definition) is 3. The molecule has 0 aliphatic carbocycles. The molecule has 5 nitrogen and oxygen atoms in total. The third-order valence-electron chi connectivity index (χ3n) is 2.43. The van der Waals surface area contributed by atoms with Gasteiger partial charge in [-0.2, -0.15) is 0 Å². The van der Waals surface area contributed by atoms with Crippen LogP contribution >= 0.6 is 0 Å². The molecule has 0 aromatic carbocycles.